The second kappa shape index (κ2) is 6.57. The third-order valence-electron chi connectivity index (χ3n) is 4.04. The van der Waals surface area contributed by atoms with Gasteiger partial charge in [-0.3, -0.25) is 4.79 Å². The number of nitrogens with one attached hydrogen (secondary N) is 1. The molecule has 1 aromatic carbocycles. The van der Waals surface area contributed by atoms with Crippen LogP contribution >= 0.6 is 0 Å². The van der Waals surface area contributed by atoms with E-state index in [2.05, 4.69) is 10.3 Å². The molecule has 130 valence electrons. The summed E-state index contributed by atoms with van der Waals surface area (Å²) in [6.07, 6.45) is 5.08. The highest BCUT2D eigenvalue weighted by Gasteiger charge is 2.28. The monoisotopic (exact) mass is 339 g/mol. The van der Waals surface area contributed by atoms with E-state index in [1.54, 1.807) is 42.3 Å². The molecule has 3 aromatic rings. The van der Waals surface area contributed by atoms with Gasteiger partial charge in [0.1, 0.15) is 17.1 Å². The summed E-state index contributed by atoms with van der Waals surface area (Å²) in [5, 5.41) is 13.4. The molecule has 6 nitrogen and oxygen atoms in total. The van der Waals surface area contributed by atoms with Crippen molar-refractivity contribution in [1.82, 2.24) is 14.9 Å². The van der Waals surface area contributed by atoms with E-state index in [0.29, 0.717) is 17.1 Å². The molecule has 2 heterocycles. The second-order valence-electron chi connectivity index (χ2n) is 6.36. The number of nitrogens with zero attached hydrogens (tertiary/aromatic N) is 2. The quantitative estimate of drug-likeness (QED) is 0.749. The lowest BCUT2D eigenvalue weighted by Gasteiger charge is -2.22. The lowest BCUT2D eigenvalue weighted by molar-refractivity contribution is 0.0323. The minimum absolute atomic E-state index is 0.0378. The molecule has 0 aliphatic heterocycles. The predicted octanol–water partition coefficient (Wildman–Crippen LogP) is 2.72. The van der Waals surface area contributed by atoms with Crippen molar-refractivity contribution in [2.45, 2.75) is 26.4 Å². The fourth-order valence-electron chi connectivity index (χ4n) is 2.62. The molecule has 1 amide bonds. The van der Waals surface area contributed by atoms with E-state index < -0.39 is 5.60 Å². The van der Waals surface area contributed by atoms with Gasteiger partial charge in [-0.15, -0.1) is 0 Å². The Bertz CT molecular complexity index is 879. The number of amides is 1. The number of aromatic nitrogens is 2. The molecule has 3 rings (SSSR count). The largest absolute Gasteiger partial charge is 0.463 e. The fraction of sp³-hybridized carbons (Fsp3) is 0.263. The minimum atomic E-state index is -1.29. The summed E-state index contributed by atoms with van der Waals surface area (Å²) in [4.78, 5) is 16.7. The van der Waals surface area contributed by atoms with Gasteiger partial charge in [0.2, 0.25) is 0 Å². The zero-order chi connectivity index (χ0) is 18.0. The number of carbonyl (C=O) groups is 1. The van der Waals surface area contributed by atoms with E-state index in [1.807, 2.05) is 32.0 Å². The van der Waals surface area contributed by atoms with Gasteiger partial charge in [0.15, 0.2) is 0 Å². The topological polar surface area (TPSA) is 80.3 Å². The third kappa shape index (κ3) is 3.64. The molecule has 6 heteroatoms. The van der Waals surface area contributed by atoms with Gasteiger partial charge in [0.05, 0.1) is 24.1 Å². The highest BCUT2D eigenvalue weighted by Crippen LogP contribution is 2.22. The lowest BCUT2D eigenvalue weighted by atomic mass is 10.0. The molecular weight excluding hydrogens is 318 g/mol. The van der Waals surface area contributed by atoms with Gasteiger partial charge in [-0.2, -0.15) is 0 Å². The highest BCUT2D eigenvalue weighted by atomic mass is 16.4. The van der Waals surface area contributed by atoms with Gasteiger partial charge < -0.3 is 19.4 Å². The van der Waals surface area contributed by atoms with Crippen LogP contribution in [-0.4, -0.2) is 27.1 Å². The Hall–Kier alpha value is -2.86. The molecule has 1 atom stereocenters. The van der Waals surface area contributed by atoms with Crippen LogP contribution < -0.4 is 5.32 Å². The van der Waals surface area contributed by atoms with Crippen molar-refractivity contribution in [3.63, 3.8) is 0 Å². The first-order chi connectivity index (χ1) is 11.9. The van der Waals surface area contributed by atoms with Crippen LogP contribution in [0.5, 0.6) is 0 Å². The molecule has 0 radical (unpaired) electrons. The number of benzene rings is 1. The number of hydrogen-bond donors (Lipinski definition) is 2. The van der Waals surface area contributed by atoms with Crippen molar-refractivity contribution in [3.05, 3.63) is 71.7 Å². The van der Waals surface area contributed by atoms with Crippen LogP contribution in [0, 0.1) is 13.8 Å². The fourth-order valence-corrected chi connectivity index (χ4v) is 2.62. The van der Waals surface area contributed by atoms with Crippen LogP contribution in [0.3, 0.4) is 0 Å². The van der Waals surface area contributed by atoms with Gasteiger partial charge in [-0.05, 0) is 45.0 Å². The first kappa shape index (κ1) is 17.0. The minimum Gasteiger partial charge on any atom is -0.463 e. The van der Waals surface area contributed by atoms with Crippen molar-refractivity contribution < 1.29 is 14.3 Å². The molecule has 0 saturated heterocycles. The Balaban J connectivity index is 1.81. The number of aliphatic hydroxyl groups is 1. The molecular formula is C19H21N3O3. The zero-order valence-corrected chi connectivity index (χ0v) is 14.5. The summed E-state index contributed by atoms with van der Waals surface area (Å²) < 4.78 is 7.25. The smallest absolute Gasteiger partial charge is 0.253 e. The molecule has 0 aliphatic rings. The molecule has 1 unspecified atom stereocenters. The van der Waals surface area contributed by atoms with Gasteiger partial charge in [0.25, 0.3) is 5.91 Å². The SMILES string of the molecule is Cc1ccc(-n2ccnc2)c(C(=O)NCC(C)(O)c2ccc(C)o2)c1. The van der Waals surface area contributed by atoms with Gasteiger partial charge in [-0.1, -0.05) is 11.6 Å². The summed E-state index contributed by atoms with van der Waals surface area (Å²) in [5.74, 6) is 0.864. The molecule has 2 aromatic heterocycles. The molecule has 0 saturated carbocycles. The van der Waals surface area contributed by atoms with Gasteiger partial charge in [0, 0.05) is 12.4 Å². The van der Waals surface area contributed by atoms with E-state index in [1.165, 1.54) is 0 Å². The number of hydrogen-bond acceptors (Lipinski definition) is 4. The Morgan fingerprint density at radius 2 is 2.12 bits per heavy atom. The van der Waals surface area contributed by atoms with E-state index in [-0.39, 0.29) is 12.5 Å². The molecule has 0 aliphatic carbocycles. The van der Waals surface area contributed by atoms with Crippen molar-refractivity contribution in [2.75, 3.05) is 6.54 Å². The molecule has 2 N–H and O–H groups in total. The maximum Gasteiger partial charge on any atom is 0.253 e. The summed E-state index contributed by atoms with van der Waals surface area (Å²) in [5.41, 5.74) is 0.934. The number of aryl methyl sites for hydroxylation is 2. The van der Waals surface area contributed by atoms with Crippen LogP contribution in [0.25, 0.3) is 5.69 Å². The number of carbonyl (C=O) groups excluding carboxylic acids is 1. The molecule has 0 spiro atoms. The third-order valence-corrected chi connectivity index (χ3v) is 4.04. The van der Waals surface area contributed by atoms with Crippen molar-refractivity contribution in [3.8, 4) is 5.69 Å². The van der Waals surface area contributed by atoms with Gasteiger partial charge >= 0.3 is 0 Å². The first-order valence-electron chi connectivity index (χ1n) is 8.03. The summed E-state index contributed by atoms with van der Waals surface area (Å²) in [6, 6.07) is 9.12. The normalized spacial score (nSPS) is 13.4. The van der Waals surface area contributed by atoms with Crippen LogP contribution in [0.4, 0.5) is 0 Å². The van der Waals surface area contributed by atoms with Gasteiger partial charge in [-0.25, -0.2) is 4.98 Å². The molecule has 25 heavy (non-hydrogen) atoms. The average molecular weight is 339 g/mol. The summed E-state index contributed by atoms with van der Waals surface area (Å²) in [7, 11) is 0. The van der Waals surface area contributed by atoms with Crippen molar-refractivity contribution in [1.29, 1.82) is 0 Å². The summed E-state index contributed by atoms with van der Waals surface area (Å²) in [6.45, 7) is 5.38. The summed E-state index contributed by atoms with van der Waals surface area (Å²) >= 11 is 0. The number of furan rings is 1. The number of rotatable bonds is 5. The van der Waals surface area contributed by atoms with E-state index in [4.69, 9.17) is 4.42 Å². The second-order valence-corrected chi connectivity index (χ2v) is 6.36. The van der Waals surface area contributed by atoms with Crippen LogP contribution in [0.2, 0.25) is 0 Å². The Kier molecular flexibility index (Phi) is 4.46. The van der Waals surface area contributed by atoms with E-state index >= 15 is 0 Å². The zero-order valence-electron chi connectivity index (χ0n) is 14.5. The Labute approximate surface area is 146 Å². The van der Waals surface area contributed by atoms with Crippen LogP contribution in [0.15, 0.2) is 53.5 Å². The van der Waals surface area contributed by atoms with Crippen LogP contribution in [0.1, 0.15) is 34.4 Å². The van der Waals surface area contributed by atoms with E-state index in [0.717, 1.165) is 11.3 Å². The van der Waals surface area contributed by atoms with E-state index in [9.17, 15) is 9.90 Å². The Morgan fingerprint density at radius 3 is 2.76 bits per heavy atom. The molecule has 0 fully saturated rings. The standard InChI is InChI=1S/C19H21N3O3/c1-13-4-6-16(22-9-8-20-12-22)15(10-13)18(23)21-11-19(3,24)17-7-5-14(2)25-17/h4-10,12,24H,11H2,1-3H3,(H,21,23). The lowest BCUT2D eigenvalue weighted by Crippen LogP contribution is -2.38. The highest BCUT2D eigenvalue weighted by molar-refractivity contribution is 5.98. The van der Waals surface area contributed by atoms with Crippen LogP contribution in [-0.2, 0) is 5.60 Å². The average Bonchev–Trinajstić information content (AvgIpc) is 3.24. The maximum absolute atomic E-state index is 12.7. The first-order valence-corrected chi connectivity index (χ1v) is 8.03. The predicted molar refractivity (Wildman–Crippen MR) is 93.7 cm³/mol. The Morgan fingerprint density at radius 1 is 1.32 bits per heavy atom. The van der Waals surface area contributed by atoms with Crippen molar-refractivity contribution in [2.24, 2.45) is 0 Å². The number of imidazole rings is 1. The maximum atomic E-state index is 12.7. The van der Waals surface area contributed by atoms with Crippen molar-refractivity contribution >= 4 is 5.91 Å². The molecule has 0 bridgehead atoms.